The van der Waals surface area contributed by atoms with Gasteiger partial charge in [0.15, 0.2) is 0 Å². The first-order chi connectivity index (χ1) is 22.1. The van der Waals surface area contributed by atoms with Gasteiger partial charge in [0, 0.05) is 30.1 Å². The van der Waals surface area contributed by atoms with E-state index in [9.17, 15) is 4.79 Å². The quantitative estimate of drug-likeness (QED) is 0.231. The maximum absolute atomic E-state index is 13.9. The molecule has 3 saturated heterocycles. The number of amides is 1. The molecule has 3 fully saturated rings. The summed E-state index contributed by atoms with van der Waals surface area (Å²) in [5.41, 5.74) is 5.78. The number of carbonyl (C=O) groups excluding carboxylic acids is 1. The minimum Gasteiger partial charge on any atom is -0.316 e. The monoisotopic (exact) mass is 595 g/mol. The van der Waals surface area contributed by atoms with Gasteiger partial charge in [0.1, 0.15) is 5.54 Å². The van der Waals surface area contributed by atoms with Crippen molar-refractivity contribution in [1.29, 1.82) is 0 Å². The van der Waals surface area contributed by atoms with Crippen LogP contribution in [0.4, 0.5) is 5.69 Å². The second-order valence-electron chi connectivity index (χ2n) is 13.3. The molecule has 228 valence electrons. The molecule has 0 radical (unpaired) electrons. The molecule has 0 saturated carbocycles. The zero-order valence-corrected chi connectivity index (χ0v) is 26.0. The van der Waals surface area contributed by atoms with Gasteiger partial charge in [-0.15, -0.1) is 0 Å². The fourth-order valence-electron chi connectivity index (χ4n) is 8.25. The van der Waals surface area contributed by atoms with Crippen molar-refractivity contribution < 1.29 is 4.79 Å². The number of benzene rings is 4. The lowest BCUT2D eigenvalue weighted by Gasteiger charge is -2.37. The molecular weight excluding hydrogens is 554 g/mol. The van der Waals surface area contributed by atoms with Gasteiger partial charge >= 0.3 is 0 Å². The number of rotatable bonds is 6. The number of hydrogen-bond donors (Lipinski definition) is 1. The van der Waals surface area contributed by atoms with E-state index in [2.05, 4.69) is 131 Å². The Kier molecular flexibility index (Phi) is 7.07. The minimum absolute atomic E-state index is 0.251. The van der Waals surface area contributed by atoms with E-state index < -0.39 is 5.54 Å². The standard InChI is InChI=1S/C39H41N5O/c1-42-24-19-29(20-25-42)36-34-27-33(43-26-22-38(37(43)45)21-23-40-28-38)17-18-35(34)44(41-36)39(30-11-5-2-6-12-30,31-13-7-3-8-14-31)32-15-9-4-10-16-32/h2-18,27,29,40H,19-26,28H2,1H3. The molecule has 8 rings (SSSR count). The Morgan fingerprint density at radius 3 is 1.93 bits per heavy atom. The van der Waals surface area contributed by atoms with Crippen LogP contribution in [0.1, 0.15) is 54.0 Å². The van der Waals surface area contributed by atoms with E-state index in [1.165, 1.54) is 0 Å². The SMILES string of the molecule is CN1CCC(c2nn(C(c3ccccc3)(c3ccccc3)c3ccccc3)c3ccc(N4CCC5(CCNC5)C4=O)cc23)CC1. The predicted octanol–water partition coefficient (Wildman–Crippen LogP) is 6.40. The van der Waals surface area contributed by atoms with Crippen molar-refractivity contribution in [1.82, 2.24) is 20.0 Å². The molecule has 6 nitrogen and oxygen atoms in total. The third-order valence-electron chi connectivity index (χ3n) is 10.8. The number of likely N-dealkylation sites (tertiary alicyclic amines) is 1. The fraction of sp³-hybridized carbons (Fsp3) is 0.333. The maximum atomic E-state index is 13.9. The molecule has 5 aromatic rings. The molecule has 1 spiro atoms. The number of nitrogens with one attached hydrogen (secondary N) is 1. The van der Waals surface area contributed by atoms with Crippen LogP contribution in [0.2, 0.25) is 0 Å². The van der Waals surface area contributed by atoms with E-state index in [-0.39, 0.29) is 11.3 Å². The molecule has 3 aliphatic heterocycles. The Morgan fingerprint density at radius 1 is 0.778 bits per heavy atom. The lowest BCUT2D eigenvalue weighted by atomic mass is 9.77. The van der Waals surface area contributed by atoms with Gasteiger partial charge < -0.3 is 15.1 Å². The molecule has 1 unspecified atom stereocenters. The Balaban J connectivity index is 1.38. The summed E-state index contributed by atoms with van der Waals surface area (Å²) >= 11 is 0. The summed E-state index contributed by atoms with van der Waals surface area (Å²) in [5.74, 6) is 0.618. The van der Waals surface area contributed by atoms with Gasteiger partial charge in [-0.2, -0.15) is 5.10 Å². The highest BCUT2D eigenvalue weighted by Gasteiger charge is 2.49. The summed E-state index contributed by atoms with van der Waals surface area (Å²) in [5, 5.41) is 10.3. The topological polar surface area (TPSA) is 53.4 Å². The first-order valence-electron chi connectivity index (χ1n) is 16.5. The smallest absolute Gasteiger partial charge is 0.234 e. The Morgan fingerprint density at radius 2 is 1.38 bits per heavy atom. The molecule has 1 amide bonds. The molecule has 0 aliphatic carbocycles. The van der Waals surface area contributed by atoms with E-state index in [0.717, 1.165) is 97.4 Å². The van der Waals surface area contributed by atoms with E-state index >= 15 is 0 Å². The van der Waals surface area contributed by atoms with E-state index in [1.807, 2.05) is 4.90 Å². The average Bonchev–Trinajstić information content (AvgIpc) is 3.82. The lowest BCUT2D eigenvalue weighted by Crippen LogP contribution is -2.39. The van der Waals surface area contributed by atoms with Crippen LogP contribution in [0.15, 0.2) is 109 Å². The van der Waals surface area contributed by atoms with Crippen LogP contribution >= 0.6 is 0 Å². The second-order valence-corrected chi connectivity index (χ2v) is 13.3. The summed E-state index contributed by atoms with van der Waals surface area (Å²) in [6, 6.07) is 39.1. The summed E-state index contributed by atoms with van der Waals surface area (Å²) in [7, 11) is 2.21. The zero-order valence-electron chi connectivity index (χ0n) is 26.0. The molecular formula is C39H41N5O. The number of nitrogens with zero attached hydrogens (tertiary/aromatic N) is 4. The first kappa shape index (κ1) is 28.2. The number of piperidine rings is 1. The summed E-state index contributed by atoms with van der Waals surface area (Å²) in [6.45, 7) is 4.59. The predicted molar refractivity (Wildman–Crippen MR) is 181 cm³/mol. The molecule has 1 aromatic heterocycles. The van der Waals surface area contributed by atoms with Gasteiger partial charge in [0.2, 0.25) is 5.91 Å². The molecule has 1 atom stereocenters. The van der Waals surface area contributed by atoms with Crippen molar-refractivity contribution in [3.8, 4) is 0 Å². The lowest BCUT2D eigenvalue weighted by molar-refractivity contribution is -0.124. The van der Waals surface area contributed by atoms with Crippen molar-refractivity contribution in [3.05, 3.63) is 132 Å². The number of anilines is 1. The molecule has 4 heterocycles. The van der Waals surface area contributed by atoms with Crippen LogP contribution in [0.25, 0.3) is 10.9 Å². The summed E-state index contributed by atoms with van der Waals surface area (Å²) in [6.07, 6.45) is 3.98. The zero-order chi connectivity index (χ0) is 30.4. The minimum atomic E-state index is -0.698. The number of aromatic nitrogens is 2. The second kappa shape index (κ2) is 11.3. The Hall–Kier alpha value is -4.26. The van der Waals surface area contributed by atoms with Crippen LogP contribution in [0, 0.1) is 5.41 Å². The normalized spacial score (nSPS) is 21.4. The van der Waals surface area contributed by atoms with E-state index in [0.29, 0.717) is 5.92 Å². The van der Waals surface area contributed by atoms with E-state index in [4.69, 9.17) is 5.10 Å². The highest BCUT2D eigenvalue weighted by molar-refractivity contribution is 6.02. The summed E-state index contributed by atoms with van der Waals surface area (Å²) < 4.78 is 2.30. The highest BCUT2D eigenvalue weighted by atomic mass is 16.2. The van der Waals surface area contributed by atoms with Crippen LogP contribution in [-0.4, -0.2) is 60.4 Å². The molecule has 45 heavy (non-hydrogen) atoms. The van der Waals surface area contributed by atoms with Crippen molar-refractivity contribution in [3.63, 3.8) is 0 Å². The molecule has 6 heteroatoms. The van der Waals surface area contributed by atoms with Crippen molar-refractivity contribution >= 4 is 22.5 Å². The van der Waals surface area contributed by atoms with Gasteiger partial charge in [0.05, 0.1) is 16.6 Å². The van der Waals surface area contributed by atoms with Crippen molar-refractivity contribution in [2.45, 2.75) is 37.1 Å². The largest absolute Gasteiger partial charge is 0.316 e. The first-order valence-corrected chi connectivity index (χ1v) is 16.5. The number of carbonyl (C=O) groups is 1. The van der Waals surface area contributed by atoms with Gasteiger partial charge in [-0.1, -0.05) is 91.0 Å². The fourth-order valence-corrected chi connectivity index (χ4v) is 8.25. The van der Waals surface area contributed by atoms with Crippen molar-refractivity contribution in [2.75, 3.05) is 44.7 Å². The van der Waals surface area contributed by atoms with Gasteiger partial charge in [-0.25, -0.2) is 4.68 Å². The van der Waals surface area contributed by atoms with Crippen LogP contribution < -0.4 is 10.2 Å². The van der Waals surface area contributed by atoms with Crippen LogP contribution in [-0.2, 0) is 10.3 Å². The Labute approximate surface area is 265 Å². The third kappa shape index (κ3) is 4.53. The highest BCUT2D eigenvalue weighted by Crippen LogP contribution is 2.46. The van der Waals surface area contributed by atoms with Crippen molar-refractivity contribution in [2.24, 2.45) is 5.41 Å². The molecule has 1 N–H and O–H groups in total. The van der Waals surface area contributed by atoms with E-state index in [1.54, 1.807) is 0 Å². The summed E-state index contributed by atoms with van der Waals surface area (Å²) in [4.78, 5) is 18.3. The number of hydrogen-bond acceptors (Lipinski definition) is 4. The maximum Gasteiger partial charge on any atom is 0.234 e. The number of fused-ring (bicyclic) bond motifs is 1. The molecule has 4 aromatic carbocycles. The molecule has 0 bridgehead atoms. The third-order valence-corrected chi connectivity index (χ3v) is 10.8. The van der Waals surface area contributed by atoms with Gasteiger partial charge in [0.25, 0.3) is 0 Å². The average molecular weight is 596 g/mol. The molecule has 3 aliphatic rings. The Bertz CT molecular complexity index is 1710. The van der Waals surface area contributed by atoms with Gasteiger partial charge in [-0.05, 0) is 87.3 Å². The van der Waals surface area contributed by atoms with Crippen LogP contribution in [0.3, 0.4) is 0 Å². The van der Waals surface area contributed by atoms with Gasteiger partial charge in [-0.3, -0.25) is 4.79 Å². The van der Waals surface area contributed by atoms with Crippen LogP contribution in [0.5, 0.6) is 0 Å².